The van der Waals surface area contributed by atoms with Gasteiger partial charge in [-0.05, 0) is 11.8 Å². The van der Waals surface area contributed by atoms with Crippen molar-refractivity contribution in [3.05, 3.63) is 11.6 Å². The fraction of sp³-hybridized carbons (Fsp3) is 0.786. The van der Waals surface area contributed by atoms with Crippen LogP contribution in [0.2, 0.25) is 0 Å². The molecule has 0 aliphatic rings. The lowest BCUT2D eigenvalue weighted by molar-refractivity contribution is -0.117. The first-order valence-electron chi connectivity index (χ1n) is 6.25. The molecule has 94 valence electrons. The quantitative estimate of drug-likeness (QED) is 0.556. The number of Topliss-reactive ketones (excluding diaryl/α,β-unsaturated/α-hetero) is 1. The van der Waals surface area contributed by atoms with E-state index in [9.17, 15) is 9.90 Å². The predicted molar refractivity (Wildman–Crippen MR) is 68.4 cm³/mol. The van der Waals surface area contributed by atoms with Crippen molar-refractivity contribution >= 4 is 5.78 Å². The molecule has 0 rings (SSSR count). The van der Waals surface area contributed by atoms with Crippen molar-refractivity contribution in [3.63, 3.8) is 0 Å². The van der Waals surface area contributed by atoms with Crippen molar-refractivity contribution in [1.29, 1.82) is 0 Å². The molecule has 1 N–H and O–H groups in total. The summed E-state index contributed by atoms with van der Waals surface area (Å²) in [4.78, 5) is 11.8. The van der Waals surface area contributed by atoms with Gasteiger partial charge in [-0.3, -0.25) is 4.79 Å². The lowest BCUT2D eigenvalue weighted by atomic mass is 9.82. The van der Waals surface area contributed by atoms with Crippen molar-refractivity contribution in [2.45, 2.75) is 66.4 Å². The van der Waals surface area contributed by atoms with Crippen LogP contribution in [0, 0.1) is 5.41 Å². The lowest BCUT2D eigenvalue weighted by Crippen LogP contribution is -2.31. The largest absolute Gasteiger partial charge is 0.388 e. The molecule has 1 atom stereocenters. The van der Waals surface area contributed by atoms with E-state index < -0.39 is 6.10 Å². The van der Waals surface area contributed by atoms with Gasteiger partial charge in [-0.1, -0.05) is 53.5 Å². The Hall–Kier alpha value is -0.630. The number of hydrogen-bond donors (Lipinski definition) is 1. The van der Waals surface area contributed by atoms with Crippen molar-refractivity contribution < 1.29 is 9.90 Å². The van der Waals surface area contributed by atoms with Crippen molar-refractivity contribution in [3.8, 4) is 0 Å². The molecule has 0 radical (unpaired) electrons. The van der Waals surface area contributed by atoms with E-state index in [1.807, 2.05) is 33.8 Å². The second-order valence-electron chi connectivity index (χ2n) is 5.35. The first kappa shape index (κ1) is 15.4. The standard InChI is InChI=1S/C14H26O2/c1-6-8-9-10-11(12(15)7-2)13(16)14(3,4)5/h10,13,16H,6-9H2,1-5H3/b11-10+. The van der Waals surface area contributed by atoms with Gasteiger partial charge in [-0.15, -0.1) is 0 Å². The van der Waals surface area contributed by atoms with Crippen molar-refractivity contribution in [1.82, 2.24) is 0 Å². The van der Waals surface area contributed by atoms with E-state index >= 15 is 0 Å². The Labute approximate surface area is 99.7 Å². The minimum absolute atomic E-state index is 0.0681. The Balaban J connectivity index is 4.80. The van der Waals surface area contributed by atoms with Gasteiger partial charge in [0.25, 0.3) is 0 Å². The zero-order valence-corrected chi connectivity index (χ0v) is 11.3. The molecule has 0 saturated carbocycles. The molecule has 0 saturated heterocycles. The van der Waals surface area contributed by atoms with Gasteiger partial charge in [0.05, 0.1) is 6.10 Å². The van der Waals surface area contributed by atoms with Gasteiger partial charge in [0.15, 0.2) is 5.78 Å². The van der Waals surface area contributed by atoms with Crippen LogP contribution in [0.25, 0.3) is 0 Å². The van der Waals surface area contributed by atoms with E-state index in [-0.39, 0.29) is 11.2 Å². The van der Waals surface area contributed by atoms with Crippen LogP contribution in [-0.4, -0.2) is 17.0 Å². The second kappa shape index (κ2) is 6.85. The van der Waals surface area contributed by atoms with Crippen LogP contribution in [0.1, 0.15) is 60.3 Å². The Morgan fingerprint density at radius 1 is 1.31 bits per heavy atom. The van der Waals surface area contributed by atoms with Crippen LogP contribution in [0.15, 0.2) is 11.6 Å². The molecule has 0 aliphatic carbocycles. The third kappa shape index (κ3) is 4.93. The maximum atomic E-state index is 11.8. The maximum absolute atomic E-state index is 11.8. The number of ketones is 1. The normalized spacial score (nSPS) is 15.0. The summed E-state index contributed by atoms with van der Waals surface area (Å²) in [6, 6.07) is 0. The number of hydrogen-bond acceptors (Lipinski definition) is 2. The molecule has 2 nitrogen and oxygen atoms in total. The van der Waals surface area contributed by atoms with Crippen LogP contribution in [0.5, 0.6) is 0 Å². The second-order valence-corrected chi connectivity index (χ2v) is 5.35. The Morgan fingerprint density at radius 2 is 1.88 bits per heavy atom. The molecule has 0 aromatic heterocycles. The molecule has 0 aromatic rings. The highest BCUT2D eigenvalue weighted by Gasteiger charge is 2.28. The molecule has 0 fully saturated rings. The summed E-state index contributed by atoms with van der Waals surface area (Å²) in [5.41, 5.74) is 0.325. The molecule has 16 heavy (non-hydrogen) atoms. The van der Waals surface area contributed by atoms with Gasteiger partial charge in [-0.2, -0.15) is 0 Å². The molecule has 0 amide bonds. The van der Waals surface area contributed by atoms with Gasteiger partial charge >= 0.3 is 0 Å². The van der Waals surface area contributed by atoms with Crippen LogP contribution >= 0.6 is 0 Å². The first-order chi connectivity index (χ1) is 7.34. The average Bonchev–Trinajstić information content (AvgIpc) is 2.21. The fourth-order valence-electron chi connectivity index (χ4n) is 1.51. The molecule has 0 aliphatic heterocycles. The number of carbonyl (C=O) groups excluding carboxylic acids is 1. The molecule has 1 unspecified atom stereocenters. The molecular weight excluding hydrogens is 200 g/mol. The number of aliphatic hydroxyl groups excluding tert-OH is 1. The van der Waals surface area contributed by atoms with Gasteiger partial charge in [-0.25, -0.2) is 0 Å². The monoisotopic (exact) mass is 226 g/mol. The third-order valence-electron chi connectivity index (χ3n) is 2.68. The molecule has 2 heteroatoms. The predicted octanol–water partition coefficient (Wildman–Crippen LogP) is 3.49. The summed E-state index contributed by atoms with van der Waals surface area (Å²) in [7, 11) is 0. The van der Waals surface area contributed by atoms with E-state index in [4.69, 9.17) is 0 Å². The van der Waals surface area contributed by atoms with Crippen molar-refractivity contribution in [2.24, 2.45) is 5.41 Å². The van der Waals surface area contributed by atoms with Crippen molar-refractivity contribution in [2.75, 3.05) is 0 Å². The van der Waals surface area contributed by atoms with Crippen LogP contribution in [0.4, 0.5) is 0 Å². The van der Waals surface area contributed by atoms with Crippen LogP contribution in [-0.2, 0) is 4.79 Å². The van der Waals surface area contributed by atoms with E-state index in [0.29, 0.717) is 12.0 Å². The number of allylic oxidation sites excluding steroid dienone is 1. The Kier molecular flexibility index (Phi) is 6.58. The maximum Gasteiger partial charge on any atom is 0.160 e. The zero-order valence-electron chi connectivity index (χ0n) is 11.3. The molecular formula is C14H26O2. The van der Waals surface area contributed by atoms with Crippen LogP contribution in [0.3, 0.4) is 0 Å². The third-order valence-corrected chi connectivity index (χ3v) is 2.68. The lowest BCUT2D eigenvalue weighted by Gasteiger charge is -2.27. The molecule has 0 bridgehead atoms. The number of rotatable bonds is 6. The average molecular weight is 226 g/mol. The number of aliphatic hydroxyl groups is 1. The minimum atomic E-state index is -0.656. The fourth-order valence-corrected chi connectivity index (χ4v) is 1.51. The van der Waals surface area contributed by atoms with Gasteiger partial charge in [0.1, 0.15) is 0 Å². The topological polar surface area (TPSA) is 37.3 Å². The SMILES string of the molecule is CCCC/C=C(\C(=O)CC)C(O)C(C)(C)C. The molecule has 0 spiro atoms. The summed E-state index contributed by atoms with van der Waals surface area (Å²) in [5.74, 6) is 0.0681. The van der Waals surface area contributed by atoms with E-state index in [1.165, 1.54) is 0 Å². The van der Waals surface area contributed by atoms with E-state index in [2.05, 4.69) is 6.92 Å². The van der Waals surface area contributed by atoms with E-state index in [1.54, 1.807) is 0 Å². The smallest absolute Gasteiger partial charge is 0.160 e. The van der Waals surface area contributed by atoms with E-state index in [0.717, 1.165) is 19.3 Å². The Bertz CT molecular complexity index is 246. The van der Waals surface area contributed by atoms with Gasteiger partial charge in [0.2, 0.25) is 0 Å². The molecule has 0 aromatic carbocycles. The summed E-state index contributed by atoms with van der Waals surface area (Å²) in [6.45, 7) is 9.82. The van der Waals surface area contributed by atoms with Gasteiger partial charge in [0, 0.05) is 12.0 Å². The summed E-state index contributed by atoms with van der Waals surface area (Å²) < 4.78 is 0. The minimum Gasteiger partial charge on any atom is -0.388 e. The highest BCUT2D eigenvalue weighted by molar-refractivity contribution is 5.96. The van der Waals surface area contributed by atoms with Crippen LogP contribution < -0.4 is 0 Å². The summed E-state index contributed by atoms with van der Waals surface area (Å²) in [5, 5.41) is 10.2. The highest BCUT2D eigenvalue weighted by atomic mass is 16.3. The van der Waals surface area contributed by atoms with Gasteiger partial charge < -0.3 is 5.11 Å². The number of unbranched alkanes of at least 4 members (excludes halogenated alkanes) is 2. The molecule has 0 heterocycles. The Morgan fingerprint density at radius 3 is 2.25 bits per heavy atom. The summed E-state index contributed by atoms with van der Waals surface area (Å²) >= 11 is 0. The zero-order chi connectivity index (χ0) is 12.8. The first-order valence-corrected chi connectivity index (χ1v) is 6.25. The number of carbonyl (C=O) groups is 1. The summed E-state index contributed by atoms with van der Waals surface area (Å²) in [6.07, 6.45) is 4.78. The highest BCUT2D eigenvalue weighted by Crippen LogP contribution is 2.26.